The predicted octanol–water partition coefficient (Wildman–Crippen LogP) is 0.479. The molecule has 76 valence electrons. The van der Waals surface area contributed by atoms with Crippen LogP contribution < -0.4 is 0 Å². The highest BCUT2D eigenvalue weighted by Gasteiger charge is 2.37. The lowest BCUT2D eigenvalue weighted by Crippen LogP contribution is -2.31. The number of carbonyl (C=O) groups is 2. The van der Waals surface area contributed by atoms with E-state index >= 15 is 0 Å². The van der Waals surface area contributed by atoms with E-state index in [2.05, 4.69) is 6.92 Å². The number of carbonyl (C=O) groups excluding carboxylic acids is 2. The molecular weight excluding hydrogens is 182 g/mol. The fourth-order valence-corrected chi connectivity index (χ4v) is 1.70. The van der Waals surface area contributed by atoms with Gasteiger partial charge in [0.25, 0.3) is 11.8 Å². The van der Waals surface area contributed by atoms with Crippen LogP contribution in [0.2, 0.25) is 0 Å². The summed E-state index contributed by atoms with van der Waals surface area (Å²) in [6.45, 7) is 2.55. The Hall–Kier alpha value is -1.16. The summed E-state index contributed by atoms with van der Waals surface area (Å²) in [4.78, 5) is 23.6. The maximum atomic E-state index is 11.1. The number of hydrogen-bond acceptors (Lipinski definition) is 3. The largest absolute Gasteiger partial charge is 0.370 e. The van der Waals surface area contributed by atoms with Crippen molar-refractivity contribution in [1.82, 2.24) is 4.90 Å². The van der Waals surface area contributed by atoms with Gasteiger partial charge in [-0.2, -0.15) is 0 Å². The van der Waals surface area contributed by atoms with Crippen LogP contribution >= 0.6 is 0 Å². The van der Waals surface area contributed by atoms with Crippen molar-refractivity contribution in [3.63, 3.8) is 0 Å². The van der Waals surface area contributed by atoms with E-state index < -0.39 is 0 Å². The van der Waals surface area contributed by atoms with Crippen LogP contribution in [0, 0.1) is 0 Å². The topological polar surface area (TPSA) is 49.9 Å². The maximum Gasteiger partial charge on any atom is 0.253 e. The van der Waals surface area contributed by atoms with Crippen LogP contribution in [0.1, 0.15) is 19.8 Å². The first-order chi connectivity index (χ1) is 6.72. The summed E-state index contributed by atoms with van der Waals surface area (Å²) in [7, 11) is 0. The van der Waals surface area contributed by atoms with E-state index in [1.54, 1.807) is 0 Å². The third-order valence-electron chi connectivity index (χ3n) is 2.63. The zero-order chi connectivity index (χ0) is 10.1. The van der Waals surface area contributed by atoms with Crippen molar-refractivity contribution in [2.75, 3.05) is 6.54 Å². The molecule has 0 aromatic carbocycles. The molecule has 0 saturated carbocycles. The Kier molecular flexibility index (Phi) is 2.37. The summed E-state index contributed by atoms with van der Waals surface area (Å²) >= 11 is 0. The Labute approximate surface area is 82.5 Å². The minimum absolute atomic E-state index is 0.205. The second-order valence-electron chi connectivity index (χ2n) is 3.57. The molecule has 0 bridgehead atoms. The average Bonchev–Trinajstić information content (AvgIpc) is 2.87. The Bertz CT molecular complexity index is 280. The minimum atomic E-state index is -0.205. The molecule has 2 atom stereocenters. The summed E-state index contributed by atoms with van der Waals surface area (Å²) in [5.74, 6) is -0.410. The van der Waals surface area contributed by atoms with Gasteiger partial charge in [0, 0.05) is 18.7 Å². The van der Waals surface area contributed by atoms with Gasteiger partial charge in [0.05, 0.1) is 12.2 Å². The normalized spacial score (nSPS) is 30.2. The van der Waals surface area contributed by atoms with Crippen molar-refractivity contribution in [3.8, 4) is 0 Å². The molecule has 2 aliphatic heterocycles. The Morgan fingerprint density at radius 2 is 1.93 bits per heavy atom. The molecule has 4 nitrogen and oxygen atoms in total. The van der Waals surface area contributed by atoms with Crippen LogP contribution in [0.15, 0.2) is 12.2 Å². The molecule has 1 fully saturated rings. The SMILES string of the molecule is CCC1OC1CCN1C(=O)C=CC1=O. The molecule has 4 heteroatoms. The quantitative estimate of drug-likeness (QED) is 0.484. The molecule has 2 heterocycles. The highest BCUT2D eigenvalue weighted by atomic mass is 16.6. The third kappa shape index (κ3) is 1.70. The number of ether oxygens (including phenoxy) is 1. The molecular formula is C10H13NO3. The fourth-order valence-electron chi connectivity index (χ4n) is 1.70. The van der Waals surface area contributed by atoms with E-state index in [1.165, 1.54) is 17.1 Å². The lowest BCUT2D eigenvalue weighted by atomic mass is 10.2. The van der Waals surface area contributed by atoms with Gasteiger partial charge in [0.1, 0.15) is 0 Å². The summed E-state index contributed by atoms with van der Waals surface area (Å²) in [6.07, 6.45) is 4.99. The van der Waals surface area contributed by atoms with Crippen molar-refractivity contribution in [2.24, 2.45) is 0 Å². The second kappa shape index (κ2) is 3.53. The standard InChI is InChI=1S/C10H13NO3/c1-2-7-8(14-7)5-6-11-9(12)3-4-10(11)13/h3-4,7-8H,2,5-6H2,1H3. The fraction of sp³-hybridized carbons (Fsp3) is 0.600. The Morgan fingerprint density at radius 3 is 2.43 bits per heavy atom. The van der Waals surface area contributed by atoms with Crippen LogP contribution in [0.25, 0.3) is 0 Å². The lowest BCUT2D eigenvalue weighted by Gasteiger charge is -2.11. The van der Waals surface area contributed by atoms with Gasteiger partial charge in [-0.25, -0.2) is 0 Å². The first kappa shape index (κ1) is 9.40. The van der Waals surface area contributed by atoms with Gasteiger partial charge in [0.15, 0.2) is 0 Å². The zero-order valence-electron chi connectivity index (χ0n) is 8.10. The van der Waals surface area contributed by atoms with Crippen LogP contribution in [0.4, 0.5) is 0 Å². The van der Waals surface area contributed by atoms with E-state index in [0.717, 1.165) is 12.8 Å². The van der Waals surface area contributed by atoms with Crippen molar-refractivity contribution in [3.05, 3.63) is 12.2 Å². The monoisotopic (exact) mass is 195 g/mol. The number of imide groups is 1. The van der Waals surface area contributed by atoms with Crippen LogP contribution in [-0.2, 0) is 14.3 Å². The van der Waals surface area contributed by atoms with Crippen LogP contribution in [-0.4, -0.2) is 35.5 Å². The maximum absolute atomic E-state index is 11.1. The molecule has 0 aromatic heterocycles. The highest BCUT2D eigenvalue weighted by molar-refractivity contribution is 6.12. The zero-order valence-corrected chi connectivity index (χ0v) is 8.10. The Morgan fingerprint density at radius 1 is 1.29 bits per heavy atom. The van der Waals surface area contributed by atoms with Crippen molar-refractivity contribution in [2.45, 2.75) is 32.0 Å². The van der Waals surface area contributed by atoms with Crippen LogP contribution in [0.5, 0.6) is 0 Å². The van der Waals surface area contributed by atoms with Crippen LogP contribution in [0.3, 0.4) is 0 Å². The molecule has 0 N–H and O–H groups in total. The van der Waals surface area contributed by atoms with Gasteiger partial charge in [-0.05, 0) is 12.8 Å². The molecule has 2 rings (SSSR count). The van der Waals surface area contributed by atoms with E-state index in [1.807, 2.05) is 0 Å². The minimum Gasteiger partial charge on any atom is -0.370 e. The molecule has 0 spiro atoms. The van der Waals surface area contributed by atoms with E-state index in [9.17, 15) is 9.59 Å². The molecule has 0 aromatic rings. The number of epoxide rings is 1. The van der Waals surface area contributed by atoms with E-state index in [4.69, 9.17) is 4.74 Å². The Balaban J connectivity index is 1.76. The molecule has 0 aliphatic carbocycles. The number of nitrogens with zero attached hydrogens (tertiary/aromatic N) is 1. The third-order valence-corrected chi connectivity index (χ3v) is 2.63. The van der Waals surface area contributed by atoms with Gasteiger partial charge in [-0.1, -0.05) is 6.92 Å². The second-order valence-corrected chi connectivity index (χ2v) is 3.57. The van der Waals surface area contributed by atoms with Gasteiger partial charge >= 0.3 is 0 Å². The van der Waals surface area contributed by atoms with Crippen molar-refractivity contribution >= 4 is 11.8 Å². The molecule has 14 heavy (non-hydrogen) atoms. The molecule has 2 unspecified atom stereocenters. The summed E-state index contributed by atoms with van der Waals surface area (Å²) in [6, 6.07) is 0. The van der Waals surface area contributed by atoms with E-state index in [0.29, 0.717) is 12.6 Å². The highest BCUT2D eigenvalue weighted by Crippen LogP contribution is 2.28. The summed E-state index contributed by atoms with van der Waals surface area (Å²) < 4.78 is 5.33. The lowest BCUT2D eigenvalue weighted by molar-refractivity contribution is -0.136. The molecule has 2 aliphatic rings. The van der Waals surface area contributed by atoms with Crippen molar-refractivity contribution < 1.29 is 14.3 Å². The van der Waals surface area contributed by atoms with Crippen molar-refractivity contribution in [1.29, 1.82) is 0 Å². The summed E-state index contributed by atoms with van der Waals surface area (Å²) in [5.41, 5.74) is 0. The first-order valence-corrected chi connectivity index (χ1v) is 4.91. The number of amides is 2. The van der Waals surface area contributed by atoms with Gasteiger partial charge in [-0.15, -0.1) is 0 Å². The number of rotatable bonds is 4. The predicted molar refractivity (Wildman–Crippen MR) is 49.4 cm³/mol. The molecule has 0 radical (unpaired) electrons. The molecule has 2 amide bonds. The summed E-state index contributed by atoms with van der Waals surface area (Å²) in [5, 5.41) is 0. The smallest absolute Gasteiger partial charge is 0.253 e. The average molecular weight is 195 g/mol. The number of hydrogen-bond donors (Lipinski definition) is 0. The van der Waals surface area contributed by atoms with Gasteiger partial charge < -0.3 is 4.74 Å². The first-order valence-electron chi connectivity index (χ1n) is 4.91. The molecule has 1 saturated heterocycles. The van der Waals surface area contributed by atoms with Gasteiger partial charge in [-0.3, -0.25) is 14.5 Å². The van der Waals surface area contributed by atoms with E-state index in [-0.39, 0.29) is 17.9 Å². The van der Waals surface area contributed by atoms with Gasteiger partial charge in [0.2, 0.25) is 0 Å².